The fourth-order valence-electron chi connectivity index (χ4n) is 5.94. The first-order valence-electron chi connectivity index (χ1n) is 13.2. The van der Waals surface area contributed by atoms with E-state index in [1.54, 1.807) is 6.07 Å². The summed E-state index contributed by atoms with van der Waals surface area (Å²) in [6.45, 7) is 2.30. The Morgan fingerprint density at radius 3 is 2.62 bits per heavy atom. The molecule has 3 aliphatic heterocycles. The number of piperazine rings is 1. The van der Waals surface area contributed by atoms with Crippen LogP contribution in [0.3, 0.4) is 0 Å². The second kappa shape index (κ2) is 10.1. The molecule has 0 aliphatic carbocycles. The smallest absolute Gasteiger partial charge is 0.249 e. The monoisotopic (exact) mass is 531 g/mol. The third-order valence-corrected chi connectivity index (χ3v) is 7.88. The third kappa shape index (κ3) is 5.09. The molecule has 1 aromatic heterocycles. The number of phenolic OH excluding ortho intramolecular Hbond substituents is 1. The molecule has 0 spiro atoms. The van der Waals surface area contributed by atoms with Crippen molar-refractivity contribution in [3.8, 4) is 17.0 Å². The first-order chi connectivity index (χ1) is 18.8. The number of aromatic hydroxyl groups is 1. The highest BCUT2D eigenvalue weighted by atomic mass is 19.1. The van der Waals surface area contributed by atoms with Crippen molar-refractivity contribution in [2.45, 2.75) is 50.4 Å². The molecule has 202 valence electrons. The van der Waals surface area contributed by atoms with Crippen LogP contribution in [0.2, 0.25) is 0 Å². The lowest BCUT2D eigenvalue weighted by Gasteiger charge is -2.42. The van der Waals surface area contributed by atoms with E-state index in [9.17, 15) is 19.1 Å². The summed E-state index contributed by atoms with van der Waals surface area (Å²) in [5, 5.41) is 24.1. The van der Waals surface area contributed by atoms with E-state index in [0.717, 1.165) is 49.4 Å². The molecule has 0 saturated carbocycles. The lowest BCUT2D eigenvalue weighted by atomic mass is 10.0. The number of nitrogens with two attached hydrogens (primary N) is 1. The Hall–Kier alpha value is -4.25. The molecule has 0 radical (unpaired) electrons. The number of hydrogen-bond donors (Lipinski definition) is 4. The van der Waals surface area contributed by atoms with Crippen LogP contribution in [0, 0.1) is 5.82 Å². The topological polar surface area (TPSA) is 137 Å². The van der Waals surface area contributed by atoms with Crippen molar-refractivity contribution in [1.82, 2.24) is 20.4 Å². The fourth-order valence-corrected chi connectivity index (χ4v) is 5.94. The van der Waals surface area contributed by atoms with E-state index >= 15 is 0 Å². The van der Waals surface area contributed by atoms with Crippen molar-refractivity contribution in [2.24, 2.45) is 0 Å². The third-order valence-electron chi connectivity index (χ3n) is 7.88. The normalized spacial score (nSPS) is 23.1. The van der Waals surface area contributed by atoms with Gasteiger partial charge in [-0.25, -0.2) is 4.39 Å². The van der Waals surface area contributed by atoms with Gasteiger partial charge in [-0.2, -0.15) is 0 Å². The average molecular weight is 532 g/mol. The molecule has 3 atom stereocenters. The number of nitrogens with zero attached hydrogens (tertiary/aromatic N) is 4. The van der Waals surface area contributed by atoms with Gasteiger partial charge in [0, 0.05) is 49.4 Å². The largest absolute Gasteiger partial charge is 0.507 e. The fraction of sp³-hybridized carbons (Fsp3) is 0.357. The highest BCUT2D eigenvalue weighted by Gasteiger charge is 2.40. The summed E-state index contributed by atoms with van der Waals surface area (Å²) >= 11 is 0. The molecule has 2 aromatic carbocycles. The highest BCUT2D eigenvalue weighted by molar-refractivity contribution is 6.01. The molecule has 2 bridgehead atoms. The zero-order valence-electron chi connectivity index (χ0n) is 21.3. The Kier molecular flexibility index (Phi) is 6.51. The van der Waals surface area contributed by atoms with E-state index in [1.165, 1.54) is 18.2 Å². The molecule has 3 saturated heterocycles. The van der Waals surface area contributed by atoms with Crippen molar-refractivity contribution in [3.05, 3.63) is 59.9 Å². The molecule has 6 rings (SSSR count). The van der Waals surface area contributed by atoms with Crippen molar-refractivity contribution in [1.29, 1.82) is 0 Å². The number of hydrogen-bond acceptors (Lipinski definition) is 9. The molecular weight excluding hydrogens is 501 g/mol. The van der Waals surface area contributed by atoms with Crippen molar-refractivity contribution in [3.63, 3.8) is 0 Å². The molecule has 3 aliphatic rings. The summed E-state index contributed by atoms with van der Waals surface area (Å²) in [6, 6.07) is 13.8. The highest BCUT2D eigenvalue weighted by Crippen LogP contribution is 2.37. The molecule has 11 heteroatoms. The van der Waals surface area contributed by atoms with Crippen LogP contribution in [0.5, 0.6) is 5.75 Å². The minimum atomic E-state index is -0.467. The predicted molar refractivity (Wildman–Crippen MR) is 144 cm³/mol. The molecule has 3 fully saturated rings. The minimum absolute atomic E-state index is 0.0689. The van der Waals surface area contributed by atoms with Crippen LogP contribution >= 0.6 is 0 Å². The van der Waals surface area contributed by atoms with Gasteiger partial charge in [-0.1, -0.05) is 12.1 Å². The van der Waals surface area contributed by atoms with Gasteiger partial charge in [0.2, 0.25) is 11.8 Å². The van der Waals surface area contributed by atoms with Gasteiger partial charge in [0.05, 0.1) is 11.4 Å². The number of fused-ring (bicyclic) bond motifs is 2. The van der Waals surface area contributed by atoms with E-state index in [4.69, 9.17) is 5.73 Å². The first kappa shape index (κ1) is 25.1. The number of carbonyl (C=O) groups excluding carboxylic acids is 2. The van der Waals surface area contributed by atoms with Gasteiger partial charge in [-0.05, 0) is 61.2 Å². The maximum absolute atomic E-state index is 13.8. The van der Waals surface area contributed by atoms with Gasteiger partial charge >= 0.3 is 0 Å². The molecule has 10 nitrogen and oxygen atoms in total. The summed E-state index contributed by atoms with van der Waals surface area (Å²) in [6.07, 6.45) is 2.93. The maximum Gasteiger partial charge on any atom is 0.249 e. The number of benzene rings is 2. The zero-order chi connectivity index (χ0) is 27.1. The van der Waals surface area contributed by atoms with Crippen molar-refractivity contribution >= 4 is 29.0 Å². The Morgan fingerprint density at radius 1 is 1.05 bits per heavy atom. The Bertz CT molecular complexity index is 1420. The van der Waals surface area contributed by atoms with Crippen LogP contribution < -0.4 is 21.3 Å². The van der Waals surface area contributed by atoms with E-state index in [2.05, 4.69) is 42.8 Å². The molecule has 5 N–H and O–H groups in total. The number of anilines is 3. The summed E-state index contributed by atoms with van der Waals surface area (Å²) in [7, 11) is 0. The van der Waals surface area contributed by atoms with Crippen molar-refractivity contribution < 1.29 is 19.1 Å². The van der Waals surface area contributed by atoms with E-state index < -0.39 is 11.9 Å². The number of nitrogen functional groups attached to an aromatic ring is 1. The van der Waals surface area contributed by atoms with Gasteiger partial charge < -0.3 is 21.1 Å². The lowest BCUT2D eigenvalue weighted by Crippen LogP contribution is -2.53. The van der Waals surface area contributed by atoms with Crippen LogP contribution in [-0.2, 0) is 16.1 Å². The molecule has 39 heavy (non-hydrogen) atoms. The molecule has 4 heterocycles. The number of imide groups is 1. The quantitative estimate of drug-likeness (QED) is 0.354. The van der Waals surface area contributed by atoms with Gasteiger partial charge in [0.25, 0.3) is 0 Å². The summed E-state index contributed by atoms with van der Waals surface area (Å²) in [4.78, 5) is 28.3. The summed E-state index contributed by atoms with van der Waals surface area (Å²) < 4.78 is 13.8. The summed E-state index contributed by atoms with van der Waals surface area (Å²) in [5.41, 5.74) is 9.60. The zero-order valence-corrected chi connectivity index (χ0v) is 21.3. The van der Waals surface area contributed by atoms with Crippen LogP contribution in [-0.4, -0.2) is 63.2 Å². The number of phenols is 1. The predicted octanol–water partition coefficient (Wildman–Crippen LogP) is 2.64. The number of aromatic nitrogens is 2. The lowest BCUT2D eigenvalue weighted by molar-refractivity contribution is -0.133. The molecule has 3 aromatic rings. The summed E-state index contributed by atoms with van der Waals surface area (Å²) in [5.74, 6) is -0.748. The van der Waals surface area contributed by atoms with Crippen LogP contribution in [0.15, 0.2) is 48.5 Å². The van der Waals surface area contributed by atoms with E-state index in [1.807, 2.05) is 12.1 Å². The minimum Gasteiger partial charge on any atom is -0.507 e. The number of nitrogens with one attached hydrogen (secondary N) is 2. The first-order valence-corrected chi connectivity index (χ1v) is 13.2. The standard InChI is InChI=1S/C28H30FN7O3/c29-17-4-8-25(37)21(11-17)23-12-24(27(30)34-33-23)35-14-19-5-6-20(15-35)36(19)13-16-2-1-3-18(10-16)31-22-7-9-26(38)32-28(22)39/h1-4,8,10-12,19-20,22,31,37H,5-7,9,13-15H2,(H2,30,34)(H,32,38,39). The second-order valence-corrected chi connectivity index (χ2v) is 10.5. The second-order valence-electron chi connectivity index (χ2n) is 10.5. The SMILES string of the molecule is Nc1nnc(-c2cc(F)ccc2O)cc1N1CC2CCC(C1)N2Cc1cccc(NC2CCC(=O)NC2=O)c1. The number of amides is 2. The molecular formula is C28H30FN7O3. The average Bonchev–Trinajstić information content (AvgIpc) is 3.13. The number of carbonyl (C=O) groups is 2. The van der Waals surface area contributed by atoms with Gasteiger partial charge in [0.1, 0.15) is 17.6 Å². The van der Waals surface area contributed by atoms with Crippen LogP contribution in [0.1, 0.15) is 31.2 Å². The Morgan fingerprint density at radius 2 is 1.85 bits per heavy atom. The van der Waals surface area contributed by atoms with Crippen molar-refractivity contribution in [2.75, 3.05) is 29.0 Å². The van der Waals surface area contributed by atoms with E-state index in [-0.39, 0.29) is 23.1 Å². The number of piperidine rings is 1. The Balaban J connectivity index is 1.16. The maximum atomic E-state index is 13.8. The van der Waals surface area contributed by atoms with Gasteiger partial charge in [-0.3, -0.25) is 19.8 Å². The van der Waals surface area contributed by atoms with Gasteiger partial charge in [-0.15, -0.1) is 10.2 Å². The number of halogens is 1. The molecule has 2 amide bonds. The van der Waals surface area contributed by atoms with Gasteiger partial charge in [0.15, 0.2) is 5.82 Å². The van der Waals surface area contributed by atoms with Crippen LogP contribution in [0.4, 0.5) is 21.6 Å². The van der Waals surface area contributed by atoms with E-state index in [0.29, 0.717) is 36.4 Å². The number of rotatable bonds is 6. The van der Waals surface area contributed by atoms with Crippen LogP contribution in [0.25, 0.3) is 11.3 Å². The Labute approximate surface area is 225 Å². The molecule has 3 unspecified atom stereocenters.